The molecular formula is C49H32N2O. The van der Waals surface area contributed by atoms with Gasteiger partial charge in [-0.2, -0.15) is 0 Å². The number of nitrogens with zero attached hydrogens (tertiary/aromatic N) is 2. The van der Waals surface area contributed by atoms with E-state index in [4.69, 9.17) is 9.40 Å². The predicted molar refractivity (Wildman–Crippen MR) is 218 cm³/mol. The number of hydrogen-bond acceptors (Lipinski definition) is 3. The van der Waals surface area contributed by atoms with Gasteiger partial charge in [0.2, 0.25) is 5.89 Å². The first-order valence-electron chi connectivity index (χ1n) is 17.6. The third-order valence-corrected chi connectivity index (χ3v) is 10.1. The van der Waals surface area contributed by atoms with Crippen molar-refractivity contribution in [2.24, 2.45) is 0 Å². The van der Waals surface area contributed by atoms with E-state index in [9.17, 15) is 0 Å². The highest BCUT2D eigenvalue weighted by Gasteiger charge is 2.18. The Labute approximate surface area is 301 Å². The molecule has 3 nitrogen and oxygen atoms in total. The van der Waals surface area contributed by atoms with Crippen LogP contribution in [0, 0.1) is 0 Å². The normalized spacial score (nSPS) is 11.5. The molecule has 3 heteroatoms. The van der Waals surface area contributed by atoms with Crippen LogP contribution < -0.4 is 4.90 Å². The SMILES string of the molecule is c1cc(-c2cccc3ccccc23)cc(N(c2ccc(-c3cccc4nc(-c5cccc6ccccc56)oc34)cc2)c2ccc3ccccc3c2)c1. The van der Waals surface area contributed by atoms with Crippen LogP contribution >= 0.6 is 0 Å². The number of oxazole rings is 1. The van der Waals surface area contributed by atoms with E-state index in [0.29, 0.717) is 5.89 Å². The Morgan fingerprint density at radius 1 is 0.365 bits per heavy atom. The number of fused-ring (bicyclic) bond motifs is 4. The van der Waals surface area contributed by atoms with Crippen LogP contribution in [0.4, 0.5) is 17.1 Å². The second-order valence-corrected chi connectivity index (χ2v) is 13.2. The number of hydrogen-bond donors (Lipinski definition) is 0. The van der Waals surface area contributed by atoms with Crippen molar-refractivity contribution in [1.82, 2.24) is 4.98 Å². The van der Waals surface area contributed by atoms with Gasteiger partial charge in [-0.3, -0.25) is 0 Å². The first-order chi connectivity index (χ1) is 25.8. The first kappa shape index (κ1) is 29.9. The van der Waals surface area contributed by atoms with Crippen molar-refractivity contribution in [1.29, 1.82) is 0 Å². The highest BCUT2D eigenvalue weighted by molar-refractivity contribution is 5.99. The Morgan fingerprint density at radius 3 is 1.73 bits per heavy atom. The maximum atomic E-state index is 6.57. The van der Waals surface area contributed by atoms with Crippen molar-refractivity contribution in [2.75, 3.05) is 4.90 Å². The van der Waals surface area contributed by atoms with E-state index in [1.54, 1.807) is 0 Å². The van der Waals surface area contributed by atoms with Gasteiger partial charge in [-0.05, 0) is 97.5 Å². The molecule has 52 heavy (non-hydrogen) atoms. The maximum Gasteiger partial charge on any atom is 0.227 e. The lowest BCUT2D eigenvalue weighted by atomic mass is 9.97. The van der Waals surface area contributed by atoms with Crippen LogP contribution in [0.1, 0.15) is 0 Å². The molecule has 0 radical (unpaired) electrons. The molecule has 9 aromatic carbocycles. The molecule has 0 aliphatic heterocycles. The van der Waals surface area contributed by atoms with Gasteiger partial charge in [0.15, 0.2) is 5.58 Å². The van der Waals surface area contributed by atoms with E-state index in [-0.39, 0.29) is 0 Å². The Balaban J connectivity index is 1.08. The monoisotopic (exact) mass is 664 g/mol. The zero-order valence-corrected chi connectivity index (χ0v) is 28.3. The average Bonchev–Trinajstić information content (AvgIpc) is 3.66. The molecule has 10 aromatic rings. The molecule has 10 rings (SSSR count). The molecule has 0 saturated carbocycles. The van der Waals surface area contributed by atoms with E-state index in [1.165, 1.54) is 32.7 Å². The lowest BCUT2D eigenvalue weighted by Crippen LogP contribution is -2.10. The van der Waals surface area contributed by atoms with Crippen LogP contribution in [0.5, 0.6) is 0 Å². The molecule has 0 atom stereocenters. The number of benzene rings is 9. The van der Waals surface area contributed by atoms with Gasteiger partial charge in [0.1, 0.15) is 5.52 Å². The third kappa shape index (κ3) is 5.19. The van der Waals surface area contributed by atoms with E-state index in [1.807, 2.05) is 6.07 Å². The number of anilines is 3. The molecule has 0 aliphatic rings. The fraction of sp³-hybridized carbons (Fsp3) is 0. The summed E-state index contributed by atoms with van der Waals surface area (Å²) >= 11 is 0. The molecule has 0 saturated heterocycles. The second-order valence-electron chi connectivity index (χ2n) is 13.2. The van der Waals surface area contributed by atoms with Crippen molar-refractivity contribution in [2.45, 2.75) is 0 Å². The smallest absolute Gasteiger partial charge is 0.227 e. The Bertz CT molecular complexity index is 2910. The summed E-state index contributed by atoms with van der Waals surface area (Å²) in [7, 11) is 0. The van der Waals surface area contributed by atoms with Crippen LogP contribution in [0.15, 0.2) is 199 Å². The molecule has 0 bridgehead atoms. The Kier molecular flexibility index (Phi) is 7.14. The number of aromatic nitrogens is 1. The van der Waals surface area contributed by atoms with Gasteiger partial charge in [-0.25, -0.2) is 4.98 Å². The van der Waals surface area contributed by atoms with Crippen LogP contribution in [-0.2, 0) is 0 Å². The summed E-state index contributed by atoms with van der Waals surface area (Å²) in [6.07, 6.45) is 0. The van der Waals surface area contributed by atoms with Crippen LogP contribution in [0.25, 0.3) is 77.1 Å². The lowest BCUT2D eigenvalue weighted by molar-refractivity contribution is 0.621. The zero-order valence-electron chi connectivity index (χ0n) is 28.3. The molecule has 0 amide bonds. The highest BCUT2D eigenvalue weighted by atomic mass is 16.3. The fourth-order valence-corrected chi connectivity index (χ4v) is 7.55. The van der Waals surface area contributed by atoms with Crippen molar-refractivity contribution in [3.63, 3.8) is 0 Å². The van der Waals surface area contributed by atoms with Gasteiger partial charge in [0.05, 0.1) is 0 Å². The van der Waals surface area contributed by atoms with E-state index in [2.05, 4.69) is 193 Å². The third-order valence-electron chi connectivity index (χ3n) is 10.1. The summed E-state index contributed by atoms with van der Waals surface area (Å²) in [5.41, 5.74) is 10.3. The lowest BCUT2D eigenvalue weighted by Gasteiger charge is -2.26. The van der Waals surface area contributed by atoms with E-state index in [0.717, 1.165) is 55.6 Å². The minimum Gasteiger partial charge on any atom is -0.435 e. The molecule has 1 aromatic heterocycles. The predicted octanol–water partition coefficient (Wildman–Crippen LogP) is 13.8. The molecule has 0 spiro atoms. The van der Waals surface area contributed by atoms with Gasteiger partial charge in [-0.1, -0.05) is 146 Å². The van der Waals surface area contributed by atoms with Gasteiger partial charge in [0.25, 0.3) is 0 Å². The minimum atomic E-state index is 0.629. The van der Waals surface area contributed by atoms with E-state index < -0.39 is 0 Å². The highest BCUT2D eigenvalue weighted by Crippen LogP contribution is 2.41. The van der Waals surface area contributed by atoms with Crippen molar-refractivity contribution in [3.8, 4) is 33.7 Å². The Hall–Kier alpha value is -6.97. The largest absolute Gasteiger partial charge is 0.435 e. The minimum absolute atomic E-state index is 0.629. The summed E-state index contributed by atoms with van der Waals surface area (Å²) in [6.45, 7) is 0. The maximum absolute atomic E-state index is 6.57. The summed E-state index contributed by atoms with van der Waals surface area (Å²) in [5.74, 6) is 0.629. The summed E-state index contributed by atoms with van der Waals surface area (Å²) in [6, 6.07) is 68.8. The molecule has 0 N–H and O–H groups in total. The zero-order chi connectivity index (χ0) is 34.4. The van der Waals surface area contributed by atoms with Crippen LogP contribution in [-0.4, -0.2) is 4.98 Å². The molecule has 1 heterocycles. The fourth-order valence-electron chi connectivity index (χ4n) is 7.55. The second kappa shape index (κ2) is 12.4. The van der Waals surface area contributed by atoms with Gasteiger partial charge in [0, 0.05) is 28.2 Å². The topological polar surface area (TPSA) is 29.3 Å². The molecular weight excluding hydrogens is 633 g/mol. The summed E-state index contributed by atoms with van der Waals surface area (Å²) < 4.78 is 6.57. The Morgan fingerprint density at radius 2 is 0.942 bits per heavy atom. The molecule has 0 unspecified atom stereocenters. The molecule has 0 aliphatic carbocycles. The molecule has 0 fully saturated rings. The van der Waals surface area contributed by atoms with Gasteiger partial charge >= 0.3 is 0 Å². The quantitative estimate of drug-likeness (QED) is 0.177. The number of rotatable bonds is 6. The first-order valence-corrected chi connectivity index (χ1v) is 17.6. The summed E-state index contributed by atoms with van der Waals surface area (Å²) in [4.78, 5) is 7.29. The van der Waals surface area contributed by atoms with Gasteiger partial charge in [-0.15, -0.1) is 0 Å². The van der Waals surface area contributed by atoms with E-state index >= 15 is 0 Å². The van der Waals surface area contributed by atoms with Crippen LogP contribution in [0.3, 0.4) is 0 Å². The van der Waals surface area contributed by atoms with Crippen molar-refractivity contribution < 1.29 is 4.42 Å². The average molecular weight is 665 g/mol. The summed E-state index contributed by atoms with van der Waals surface area (Å²) in [5, 5.41) is 7.18. The van der Waals surface area contributed by atoms with Gasteiger partial charge < -0.3 is 9.32 Å². The molecule has 244 valence electrons. The van der Waals surface area contributed by atoms with Crippen molar-refractivity contribution >= 4 is 60.5 Å². The van der Waals surface area contributed by atoms with Crippen LogP contribution in [0.2, 0.25) is 0 Å². The number of para-hydroxylation sites is 1. The standard InChI is InChI=1S/C49H32N2O/c1-2-14-37-31-41(30-25-33(37)11-1)51(40-18-7-17-38(32-40)44-21-8-15-34-12-3-5-19-42(34)44)39-28-26-36(27-29-39)45-22-10-24-47-48(45)52-49(50-47)46-23-9-16-35-13-4-6-20-43(35)46/h1-32H. The van der Waals surface area contributed by atoms with Crippen molar-refractivity contribution in [3.05, 3.63) is 194 Å².